The van der Waals surface area contributed by atoms with E-state index in [2.05, 4.69) is 46.9 Å². The molecule has 0 radical (unpaired) electrons. The molecule has 0 aliphatic rings. The van der Waals surface area contributed by atoms with Crippen LogP contribution in [0.4, 0.5) is 0 Å². The number of unbranched alkanes of at least 4 members (excludes halogenated alkanes) is 4. The van der Waals surface area contributed by atoms with Gasteiger partial charge in [-0.05, 0) is 36.5 Å². The lowest BCUT2D eigenvalue weighted by molar-refractivity contribution is -0.121. The summed E-state index contributed by atoms with van der Waals surface area (Å²) in [5.41, 5.74) is 0.863. The fraction of sp³-hybridized carbons (Fsp3) is 0.947. The van der Waals surface area contributed by atoms with Gasteiger partial charge in [0.2, 0.25) is 5.91 Å². The van der Waals surface area contributed by atoms with E-state index in [-0.39, 0.29) is 5.91 Å². The molecule has 2 nitrogen and oxygen atoms in total. The van der Waals surface area contributed by atoms with Gasteiger partial charge in [0.15, 0.2) is 0 Å². The molecule has 0 fully saturated rings. The molecule has 0 aliphatic heterocycles. The van der Waals surface area contributed by atoms with E-state index < -0.39 is 0 Å². The van der Waals surface area contributed by atoms with Crippen LogP contribution in [0.3, 0.4) is 0 Å². The van der Waals surface area contributed by atoms with Crippen molar-refractivity contribution in [2.45, 2.75) is 99.3 Å². The van der Waals surface area contributed by atoms with Gasteiger partial charge in [0.25, 0.3) is 0 Å². The lowest BCUT2D eigenvalue weighted by Crippen LogP contribution is -2.24. The van der Waals surface area contributed by atoms with Crippen molar-refractivity contribution >= 4 is 5.91 Å². The minimum Gasteiger partial charge on any atom is -0.356 e. The van der Waals surface area contributed by atoms with Gasteiger partial charge in [-0.2, -0.15) is 0 Å². The molecule has 0 rings (SSSR count). The van der Waals surface area contributed by atoms with E-state index in [4.69, 9.17) is 0 Å². The Kier molecular flexibility index (Phi) is 9.98. The van der Waals surface area contributed by atoms with Crippen molar-refractivity contribution < 1.29 is 4.79 Å². The monoisotopic (exact) mass is 297 g/mol. The molecular formula is C19H39NO. The third-order valence-corrected chi connectivity index (χ3v) is 3.76. The molecule has 0 aromatic carbocycles. The van der Waals surface area contributed by atoms with Crippen LogP contribution in [0.15, 0.2) is 0 Å². The molecule has 1 amide bonds. The van der Waals surface area contributed by atoms with Gasteiger partial charge in [-0.15, -0.1) is 0 Å². The summed E-state index contributed by atoms with van der Waals surface area (Å²) >= 11 is 0. The molecule has 21 heavy (non-hydrogen) atoms. The van der Waals surface area contributed by atoms with Gasteiger partial charge >= 0.3 is 0 Å². The number of carbonyl (C=O) groups excluding carboxylic acids is 1. The predicted octanol–water partition coefficient (Wildman–Crippen LogP) is 5.71. The maximum atomic E-state index is 11.7. The normalized spacial score (nSPS) is 12.5. The van der Waals surface area contributed by atoms with Crippen LogP contribution in [-0.4, -0.2) is 12.5 Å². The first-order valence-corrected chi connectivity index (χ1v) is 8.87. The van der Waals surface area contributed by atoms with Gasteiger partial charge < -0.3 is 5.32 Å². The molecule has 126 valence electrons. The van der Waals surface area contributed by atoms with Gasteiger partial charge in [0, 0.05) is 13.0 Å². The van der Waals surface area contributed by atoms with E-state index in [0.717, 1.165) is 19.4 Å². The summed E-state index contributed by atoms with van der Waals surface area (Å²) in [6.07, 6.45) is 10.3. The smallest absolute Gasteiger partial charge is 0.219 e. The quantitative estimate of drug-likeness (QED) is 0.514. The first-order chi connectivity index (χ1) is 9.60. The van der Waals surface area contributed by atoms with E-state index in [9.17, 15) is 4.79 Å². The Morgan fingerprint density at radius 1 is 0.714 bits per heavy atom. The first-order valence-electron chi connectivity index (χ1n) is 8.87. The second kappa shape index (κ2) is 10.2. The molecule has 0 aromatic heterocycles. The van der Waals surface area contributed by atoms with Crippen LogP contribution in [-0.2, 0) is 4.79 Å². The molecule has 2 heteroatoms. The van der Waals surface area contributed by atoms with Crippen molar-refractivity contribution in [2.75, 3.05) is 6.54 Å². The van der Waals surface area contributed by atoms with Gasteiger partial charge in [-0.1, -0.05) is 67.2 Å². The molecular weight excluding hydrogens is 258 g/mol. The Hall–Kier alpha value is -0.530. The molecule has 0 atom stereocenters. The fourth-order valence-electron chi connectivity index (χ4n) is 2.39. The average molecular weight is 298 g/mol. The summed E-state index contributed by atoms with van der Waals surface area (Å²) in [4.78, 5) is 11.7. The van der Waals surface area contributed by atoms with E-state index in [1.165, 1.54) is 38.5 Å². The Bertz CT molecular complexity index is 270. The Labute approximate surface area is 133 Å². The maximum Gasteiger partial charge on any atom is 0.219 e. The minimum atomic E-state index is 0.238. The van der Waals surface area contributed by atoms with Crippen LogP contribution in [0.25, 0.3) is 0 Å². The van der Waals surface area contributed by atoms with Crippen molar-refractivity contribution in [3.8, 4) is 0 Å². The van der Waals surface area contributed by atoms with E-state index in [0.29, 0.717) is 17.3 Å². The molecule has 1 N–H and O–H groups in total. The standard InChI is InChI=1S/C19H39NO/c1-18(2,3)14-10-8-7-9-13-17(21)20-16-12-11-15-19(4,5)6/h7-16H2,1-6H3,(H,20,21). The van der Waals surface area contributed by atoms with Crippen molar-refractivity contribution in [3.05, 3.63) is 0 Å². The highest BCUT2D eigenvalue weighted by atomic mass is 16.1. The zero-order chi connectivity index (χ0) is 16.4. The molecule has 0 heterocycles. The largest absolute Gasteiger partial charge is 0.356 e. The van der Waals surface area contributed by atoms with Crippen molar-refractivity contribution in [2.24, 2.45) is 10.8 Å². The average Bonchev–Trinajstić information content (AvgIpc) is 2.30. The first kappa shape index (κ1) is 20.5. The van der Waals surface area contributed by atoms with E-state index >= 15 is 0 Å². The molecule has 0 saturated carbocycles. The summed E-state index contributed by atoms with van der Waals surface area (Å²) in [7, 11) is 0. The fourth-order valence-corrected chi connectivity index (χ4v) is 2.39. The van der Waals surface area contributed by atoms with Gasteiger partial charge in [0.1, 0.15) is 0 Å². The number of amides is 1. The molecule has 0 bridgehead atoms. The molecule has 0 aromatic rings. The van der Waals surface area contributed by atoms with E-state index in [1.54, 1.807) is 0 Å². The number of hydrogen-bond donors (Lipinski definition) is 1. The van der Waals surface area contributed by atoms with Crippen LogP contribution in [0.1, 0.15) is 99.3 Å². The zero-order valence-electron chi connectivity index (χ0n) is 15.5. The van der Waals surface area contributed by atoms with E-state index in [1.807, 2.05) is 0 Å². The maximum absolute atomic E-state index is 11.7. The summed E-state index contributed by atoms with van der Waals surface area (Å²) in [5, 5.41) is 3.05. The number of hydrogen-bond acceptors (Lipinski definition) is 1. The number of nitrogens with one attached hydrogen (secondary N) is 1. The molecule has 0 aliphatic carbocycles. The molecule has 0 unspecified atom stereocenters. The lowest BCUT2D eigenvalue weighted by Gasteiger charge is -2.17. The Balaban J connectivity index is 3.35. The Morgan fingerprint density at radius 3 is 1.71 bits per heavy atom. The predicted molar refractivity (Wildman–Crippen MR) is 93.5 cm³/mol. The summed E-state index contributed by atoms with van der Waals surface area (Å²) in [5.74, 6) is 0.238. The van der Waals surface area contributed by atoms with Gasteiger partial charge in [-0.25, -0.2) is 0 Å². The van der Waals surface area contributed by atoms with Gasteiger partial charge in [-0.3, -0.25) is 4.79 Å². The second-order valence-electron chi connectivity index (χ2n) is 8.84. The van der Waals surface area contributed by atoms with Crippen molar-refractivity contribution in [1.29, 1.82) is 0 Å². The highest BCUT2D eigenvalue weighted by molar-refractivity contribution is 5.75. The third-order valence-electron chi connectivity index (χ3n) is 3.76. The highest BCUT2D eigenvalue weighted by Crippen LogP contribution is 2.22. The number of rotatable bonds is 10. The minimum absolute atomic E-state index is 0.238. The third kappa shape index (κ3) is 17.4. The van der Waals surface area contributed by atoms with Crippen LogP contribution >= 0.6 is 0 Å². The summed E-state index contributed by atoms with van der Waals surface area (Å²) < 4.78 is 0. The lowest BCUT2D eigenvalue weighted by atomic mass is 9.89. The van der Waals surface area contributed by atoms with Crippen molar-refractivity contribution in [3.63, 3.8) is 0 Å². The molecule has 0 spiro atoms. The number of carbonyl (C=O) groups is 1. The Morgan fingerprint density at radius 2 is 1.19 bits per heavy atom. The second-order valence-corrected chi connectivity index (χ2v) is 8.84. The zero-order valence-corrected chi connectivity index (χ0v) is 15.5. The topological polar surface area (TPSA) is 29.1 Å². The van der Waals surface area contributed by atoms with Crippen LogP contribution < -0.4 is 5.32 Å². The summed E-state index contributed by atoms with van der Waals surface area (Å²) in [6, 6.07) is 0. The van der Waals surface area contributed by atoms with Crippen LogP contribution in [0.2, 0.25) is 0 Å². The van der Waals surface area contributed by atoms with Crippen molar-refractivity contribution in [1.82, 2.24) is 5.32 Å². The van der Waals surface area contributed by atoms with Crippen LogP contribution in [0, 0.1) is 10.8 Å². The summed E-state index contributed by atoms with van der Waals surface area (Å²) in [6.45, 7) is 14.5. The van der Waals surface area contributed by atoms with Gasteiger partial charge in [0.05, 0.1) is 0 Å². The van der Waals surface area contributed by atoms with Crippen LogP contribution in [0.5, 0.6) is 0 Å². The highest BCUT2D eigenvalue weighted by Gasteiger charge is 2.10. The SMILES string of the molecule is CC(C)(C)CCCCCCC(=O)NCCCCC(C)(C)C. The molecule has 0 saturated heterocycles.